The van der Waals surface area contributed by atoms with Crippen LogP contribution in [0.2, 0.25) is 0 Å². The molecule has 0 saturated heterocycles. The van der Waals surface area contributed by atoms with Crippen LogP contribution in [0.1, 0.15) is 30.0 Å². The van der Waals surface area contributed by atoms with Gasteiger partial charge in [-0.05, 0) is 60.0 Å². The van der Waals surface area contributed by atoms with Crippen LogP contribution in [0.5, 0.6) is 17.2 Å². The fourth-order valence-corrected chi connectivity index (χ4v) is 4.10. The van der Waals surface area contributed by atoms with Crippen LogP contribution in [-0.2, 0) is 29.1 Å². The summed E-state index contributed by atoms with van der Waals surface area (Å²) in [4.78, 5) is 27.7. The molecule has 0 radical (unpaired) electrons. The maximum Gasteiger partial charge on any atom is 0.264 e. The largest absolute Gasteiger partial charge is 0.497 e. The van der Waals surface area contributed by atoms with E-state index in [1.54, 1.807) is 25.2 Å². The molecule has 1 heterocycles. The molecule has 0 bridgehead atoms. The Morgan fingerprint density at radius 1 is 1.00 bits per heavy atom. The molecule has 1 N–H and O–H groups in total. The summed E-state index contributed by atoms with van der Waals surface area (Å²) in [6.07, 6.45) is 0.240. The number of nitrogens with one attached hydrogen (secondary N) is 1. The molecule has 3 aromatic rings. The summed E-state index contributed by atoms with van der Waals surface area (Å²) in [6.45, 7) is 2.77. The van der Waals surface area contributed by atoms with E-state index in [1.807, 2.05) is 67.6 Å². The number of methoxy groups -OCH3 is 2. The van der Waals surface area contributed by atoms with Gasteiger partial charge in [-0.3, -0.25) is 9.59 Å². The van der Waals surface area contributed by atoms with Gasteiger partial charge < -0.3 is 24.4 Å². The molecule has 7 heteroatoms. The molecule has 1 aliphatic rings. The topological polar surface area (TPSA) is 77.1 Å². The van der Waals surface area contributed by atoms with E-state index in [0.29, 0.717) is 36.7 Å². The molecule has 3 aromatic carbocycles. The van der Waals surface area contributed by atoms with Crippen molar-refractivity contribution in [2.45, 2.75) is 39.0 Å². The van der Waals surface area contributed by atoms with Crippen molar-refractivity contribution in [1.82, 2.24) is 4.90 Å². The van der Waals surface area contributed by atoms with E-state index in [0.717, 1.165) is 22.4 Å². The Kier molecular flexibility index (Phi) is 7.55. The predicted molar refractivity (Wildman–Crippen MR) is 134 cm³/mol. The number of carbonyl (C=O) groups is 2. The fourth-order valence-electron chi connectivity index (χ4n) is 4.10. The number of amides is 2. The molecule has 0 spiro atoms. The summed E-state index contributed by atoms with van der Waals surface area (Å²) in [7, 11) is 3.23. The van der Waals surface area contributed by atoms with Crippen LogP contribution in [-0.4, -0.2) is 37.0 Å². The van der Waals surface area contributed by atoms with Crippen LogP contribution in [0.4, 0.5) is 5.69 Å². The Morgan fingerprint density at radius 2 is 1.77 bits per heavy atom. The number of hydrogen-bond donors (Lipinski definition) is 1. The summed E-state index contributed by atoms with van der Waals surface area (Å²) >= 11 is 0. The summed E-state index contributed by atoms with van der Waals surface area (Å²) in [5, 5.41) is 2.96. The number of nitrogens with zero attached hydrogens (tertiary/aromatic N) is 1. The number of rotatable bonds is 8. The van der Waals surface area contributed by atoms with Gasteiger partial charge in [0.2, 0.25) is 5.91 Å². The number of carbonyl (C=O) groups excluding carboxylic acids is 2. The van der Waals surface area contributed by atoms with Crippen molar-refractivity contribution in [3.63, 3.8) is 0 Å². The molecule has 4 rings (SSSR count). The standard InChI is InChI=1S/C28H30N2O5/c1-4-25-28(32)30(17-19-8-11-23(33-2)12-9-19)18-21-16-22(10-13-26(21)35-25)29-27(31)15-20-6-5-7-24(14-20)34-3/h5-14,16,25H,4,15,17-18H2,1-3H3,(H,29,31)/t25-/m1/s1. The third-order valence-electron chi connectivity index (χ3n) is 5.96. The number of benzene rings is 3. The van der Waals surface area contributed by atoms with E-state index in [9.17, 15) is 9.59 Å². The summed E-state index contributed by atoms with van der Waals surface area (Å²) in [5.74, 6) is 1.96. The van der Waals surface area contributed by atoms with E-state index in [1.165, 1.54) is 0 Å². The van der Waals surface area contributed by atoms with Gasteiger partial charge in [-0.25, -0.2) is 0 Å². The highest BCUT2D eigenvalue weighted by atomic mass is 16.5. The van der Waals surface area contributed by atoms with E-state index in [4.69, 9.17) is 14.2 Å². The van der Waals surface area contributed by atoms with Gasteiger partial charge >= 0.3 is 0 Å². The van der Waals surface area contributed by atoms with Crippen molar-refractivity contribution >= 4 is 17.5 Å². The monoisotopic (exact) mass is 474 g/mol. The lowest BCUT2D eigenvalue weighted by molar-refractivity contribution is -0.139. The van der Waals surface area contributed by atoms with Crippen molar-refractivity contribution in [1.29, 1.82) is 0 Å². The van der Waals surface area contributed by atoms with Gasteiger partial charge in [0.05, 0.1) is 20.6 Å². The zero-order valence-corrected chi connectivity index (χ0v) is 20.2. The summed E-state index contributed by atoms with van der Waals surface area (Å²) in [6, 6.07) is 20.6. The first-order valence-corrected chi connectivity index (χ1v) is 11.6. The summed E-state index contributed by atoms with van der Waals surface area (Å²) in [5.41, 5.74) is 3.37. The molecule has 182 valence electrons. The van der Waals surface area contributed by atoms with Crippen LogP contribution in [0.3, 0.4) is 0 Å². The fraction of sp³-hybridized carbons (Fsp3) is 0.286. The lowest BCUT2D eigenvalue weighted by Gasteiger charge is -2.23. The maximum atomic E-state index is 13.2. The second-order valence-electron chi connectivity index (χ2n) is 8.46. The molecule has 0 unspecified atom stereocenters. The molecule has 0 fully saturated rings. The minimum atomic E-state index is -0.553. The van der Waals surface area contributed by atoms with Crippen molar-refractivity contribution in [2.24, 2.45) is 0 Å². The van der Waals surface area contributed by atoms with E-state index in [-0.39, 0.29) is 18.2 Å². The lowest BCUT2D eigenvalue weighted by Crippen LogP contribution is -2.38. The normalized spacial score (nSPS) is 15.0. The van der Waals surface area contributed by atoms with Crippen LogP contribution < -0.4 is 19.5 Å². The van der Waals surface area contributed by atoms with Crippen LogP contribution in [0.25, 0.3) is 0 Å². The number of ether oxygens (including phenoxy) is 3. The first kappa shape index (κ1) is 24.1. The quantitative estimate of drug-likeness (QED) is 0.517. The highest BCUT2D eigenvalue weighted by Crippen LogP contribution is 2.30. The second-order valence-corrected chi connectivity index (χ2v) is 8.46. The molecule has 35 heavy (non-hydrogen) atoms. The van der Waals surface area contributed by atoms with Gasteiger partial charge in [0.15, 0.2) is 6.10 Å². The van der Waals surface area contributed by atoms with Crippen LogP contribution in [0.15, 0.2) is 66.7 Å². The molecule has 1 atom stereocenters. The zero-order chi connectivity index (χ0) is 24.8. The third kappa shape index (κ3) is 5.93. The first-order valence-electron chi connectivity index (χ1n) is 11.6. The number of anilines is 1. The van der Waals surface area contributed by atoms with E-state index < -0.39 is 6.10 Å². The van der Waals surface area contributed by atoms with Crippen molar-refractivity contribution in [3.8, 4) is 17.2 Å². The first-order chi connectivity index (χ1) is 17.0. The second kappa shape index (κ2) is 11.0. The molecule has 0 aliphatic carbocycles. The number of hydrogen-bond acceptors (Lipinski definition) is 5. The molecule has 7 nitrogen and oxygen atoms in total. The van der Waals surface area contributed by atoms with Crippen LogP contribution in [0, 0.1) is 0 Å². The molecular formula is C28H30N2O5. The Morgan fingerprint density at radius 3 is 2.49 bits per heavy atom. The highest BCUT2D eigenvalue weighted by molar-refractivity contribution is 5.92. The Labute approximate surface area is 205 Å². The third-order valence-corrected chi connectivity index (χ3v) is 5.96. The predicted octanol–water partition coefficient (Wildman–Crippen LogP) is 4.58. The highest BCUT2D eigenvalue weighted by Gasteiger charge is 2.30. The molecule has 1 aliphatic heterocycles. The van der Waals surface area contributed by atoms with E-state index >= 15 is 0 Å². The van der Waals surface area contributed by atoms with Crippen molar-refractivity contribution in [3.05, 3.63) is 83.4 Å². The van der Waals surface area contributed by atoms with Gasteiger partial charge in [-0.15, -0.1) is 0 Å². The van der Waals surface area contributed by atoms with Gasteiger partial charge in [0, 0.05) is 24.3 Å². The molecule has 0 saturated carbocycles. The average molecular weight is 475 g/mol. The smallest absolute Gasteiger partial charge is 0.264 e. The van der Waals surface area contributed by atoms with Crippen LogP contribution >= 0.6 is 0 Å². The maximum absolute atomic E-state index is 13.2. The minimum Gasteiger partial charge on any atom is -0.497 e. The molecule has 2 amide bonds. The number of fused-ring (bicyclic) bond motifs is 1. The Balaban J connectivity index is 1.51. The summed E-state index contributed by atoms with van der Waals surface area (Å²) < 4.78 is 16.5. The Hall–Kier alpha value is -4.00. The lowest BCUT2D eigenvalue weighted by atomic mass is 10.1. The minimum absolute atomic E-state index is 0.0527. The molecular weight excluding hydrogens is 444 g/mol. The SMILES string of the molecule is CC[C@H]1Oc2ccc(NC(=O)Cc3cccc(OC)c3)cc2CN(Cc2ccc(OC)cc2)C1=O. The van der Waals surface area contributed by atoms with Gasteiger partial charge in [0.25, 0.3) is 5.91 Å². The van der Waals surface area contributed by atoms with Crippen molar-refractivity contribution < 1.29 is 23.8 Å². The van der Waals surface area contributed by atoms with Gasteiger partial charge in [-0.1, -0.05) is 31.2 Å². The Bertz CT molecular complexity index is 1190. The van der Waals surface area contributed by atoms with Gasteiger partial charge in [0.1, 0.15) is 17.2 Å². The zero-order valence-electron chi connectivity index (χ0n) is 20.2. The van der Waals surface area contributed by atoms with Crippen molar-refractivity contribution in [2.75, 3.05) is 19.5 Å². The van der Waals surface area contributed by atoms with Gasteiger partial charge in [-0.2, -0.15) is 0 Å². The van der Waals surface area contributed by atoms with E-state index in [2.05, 4.69) is 5.32 Å². The average Bonchev–Trinajstić information content (AvgIpc) is 3.00. The molecule has 0 aromatic heterocycles.